The maximum Gasteiger partial charge on any atom is 0.249 e. The Hall–Kier alpha value is -2.33. The number of hydrogen-bond donors (Lipinski definition) is 2. The van der Waals surface area contributed by atoms with Crippen molar-refractivity contribution >= 4 is 5.91 Å². The van der Waals surface area contributed by atoms with Crippen LogP contribution in [0, 0.1) is 5.41 Å². The van der Waals surface area contributed by atoms with E-state index in [1.165, 1.54) is 0 Å². The van der Waals surface area contributed by atoms with Crippen LogP contribution in [-0.2, 0) is 13.0 Å². The summed E-state index contributed by atoms with van der Waals surface area (Å²) in [4.78, 5) is 11.7. The Morgan fingerprint density at radius 2 is 1.80 bits per heavy atom. The van der Waals surface area contributed by atoms with E-state index >= 15 is 0 Å². The number of nitrogens with two attached hydrogens (primary N) is 1. The van der Waals surface area contributed by atoms with Gasteiger partial charge in [0.2, 0.25) is 5.91 Å². The molecule has 162 valence electrons. The van der Waals surface area contributed by atoms with Gasteiger partial charge in [-0.25, -0.2) is 0 Å². The Labute approximate surface area is 180 Å². The fraction of sp³-hybridized carbons (Fsp3) is 0.500. The van der Waals surface area contributed by atoms with E-state index in [4.69, 9.17) is 10.5 Å². The molecule has 1 atom stereocenters. The molecule has 4 nitrogen and oxygen atoms in total. The Morgan fingerprint density at radius 3 is 2.47 bits per heavy atom. The topological polar surface area (TPSA) is 72.5 Å². The average Bonchev–Trinajstić information content (AvgIpc) is 2.77. The Morgan fingerprint density at radius 1 is 1.10 bits per heavy atom. The maximum absolute atomic E-state index is 11.7. The number of amides is 1. The van der Waals surface area contributed by atoms with Crippen LogP contribution in [0.15, 0.2) is 42.5 Å². The van der Waals surface area contributed by atoms with Crippen molar-refractivity contribution in [2.24, 2.45) is 11.1 Å². The van der Waals surface area contributed by atoms with Crippen LogP contribution >= 0.6 is 0 Å². The van der Waals surface area contributed by atoms with Crippen LogP contribution in [0.5, 0.6) is 5.75 Å². The lowest BCUT2D eigenvalue weighted by atomic mass is 9.64. The summed E-state index contributed by atoms with van der Waals surface area (Å²) >= 11 is 0. The normalized spacial score (nSPS) is 17.4. The number of aliphatic hydroxyl groups is 1. The maximum atomic E-state index is 11.7. The number of ether oxygens (including phenoxy) is 1. The van der Waals surface area contributed by atoms with Gasteiger partial charge in [-0.3, -0.25) is 4.79 Å². The number of carbonyl (C=O) groups is 1. The van der Waals surface area contributed by atoms with Crippen molar-refractivity contribution in [1.29, 1.82) is 0 Å². The summed E-state index contributed by atoms with van der Waals surface area (Å²) in [6, 6.07) is 13.3. The number of rotatable bonds is 10. The molecule has 0 aliphatic heterocycles. The van der Waals surface area contributed by atoms with E-state index in [0.717, 1.165) is 73.8 Å². The van der Waals surface area contributed by atoms with E-state index in [9.17, 15) is 9.90 Å². The summed E-state index contributed by atoms with van der Waals surface area (Å²) in [6.07, 6.45) is 8.17. The van der Waals surface area contributed by atoms with Crippen molar-refractivity contribution in [2.75, 3.05) is 0 Å². The molecule has 0 heterocycles. The lowest BCUT2D eigenvalue weighted by Gasteiger charge is -2.43. The molecule has 0 aromatic heterocycles. The minimum atomic E-state index is -0.458. The first-order chi connectivity index (χ1) is 14.5. The van der Waals surface area contributed by atoms with Gasteiger partial charge in [0.1, 0.15) is 12.4 Å². The standard InChI is InChI=1S/C26H35NO3/c1-3-5-15-26(16-6-4-2)17-14-21-22(24(26)28)12-9-13-23(21)30-18-19-10-7-8-11-20(19)25(27)29/h7-13,24,28H,3-6,14-18H2,1-2H3,(H2,27,29). The molecule has 4 heteroatoms. The minimum Gasteiger partial charge on any atom is -0.489 e. The lowest BCUT2D eigenvalue weighted by Crippen LogP contribution is -2.34. The third kappa shape index (κ3) is 4.70. The van der Waals surface area contributed by atoms with Gasteiger partial charge in [-0.2, -0.15) is 0 Å². The summed E-state index contributed by atoms with van der Waals surface area (Å²) < 4.78 is 6.14. The van der Waals surface area contributed by atoms with Crippen molar-refractivity contribution in [1.82, 2.24) is 0 Å². The first-order valence-electron chi connectivity index (χ1n) is 11.3. The number of benzene rings is 2. The Kier molecular flexibility index (Phi) is 7.54. The highest BCUT2D eigenvalue weighted by Crippen LogP contribution is 2.52. The van der Waals surface area contributed by atoms with Crippen LogP contribution < -0.4 is 10.5 Å². The molecule has 1 aliphatic rings. The number of aliphatic hydroxyl groups excluding tert-OH is 1. The second-order valence-electron chi connectivity index (χ2n) is 8.61. The average molecular weight is 410 g/mol. The van der Waals surface area contributed by atoms with Crippen molar-refractivity contribution in [3.63, 3.8) is 0 Å². The van der Waals surface area contributed by atoms with E-state index in [-0.39, 0.29) is 12.0 Å². The van der Waals surface area contributed by atoms with Crippen LogP contribution in [0.3, 0.4) is 0 Å². The zero-order valence-electron chi connectivity index (χ0n) is 18.3. The number of unbranched alkanes of at least 4 members (excludes halogenated alkanes) is 2. The molecular formula is C26H35NO3. The number of primary amides is 1. The largest absolute Gasteiger partial charge is 0.489 e. The Balaban J connectivity index is 1.84. The SMILES string of the molecule is CCCCC1(CCCC)CCc2c(OCc3ccccc3C(N)=O)cccc2C1O. The highest BCUT2D eigenvalue weighted by atomic mass is 16.5. The summed E-state index contributed by atoms with van der Waals surface area (Å²) in [7, 11) is 0. The molecule has 0 radical (unpaired) electrons. The summed E-state index contributed by atoms with van der Waals surface area (Å²) in [5.41, 5.74) is 8.84. The highest BCUT2D eigenvalue weighted by molar-refractivity contribution is 5.94. The van der Waals surface area contributed by atoms with E-state index in [0.29, 0.717) is 5.56 Å². The predicted molar refractivity (Wildman–Crippen MR) is 120 cm³/mol. The number of fused-ring (bicyclic) bond motifs is 1. The van der Waals surface area contributed by atoms with Gasteiger partial charge in [0.15, 0.2) is 0 Å². The van der Waals surface area contributed by atoms with Crippen molar-refractivity contribution in [2.45, 2.75) is 77.9 Å². The molecule has 0 saturated carbocycles. The summed E-state index contributed by atoms with van der Waals surface area (Å²) in [5, 5.41) is 11.4. The first-order valence-corrected chi connectivity index (χ1v) is 11.3. The molecule has 1 amide bonds. The zero-order valence-corrected chi connectivity index (χ0v) is 18.3. The van der Waals surface area contributed by atoms with Gasteiger partial charge in [-0.15, -0.1) is 0 Å². The van der Waals surface area contributed by atoms with E-state index in [1.54, 1.807) is 12.1 Å². The molecule has 2 aromatic carbocycles. The fourth-order valence-corrected chi connectivity index (χ4v) is 4.83. The van der Waals surface area contributed by atoms with Gasteiger partial charge in [0, 0.05) is 16.5 Å². The fourth-order valence-electron chi connectivity index (χ4n) is 4.83. The lowest BCUT2D eigenvalue weighted by molar-refractivity contribution is -0.0103. The molecule has 3 rings (SSSR count). The van der Waals surface area contributed by atoms with Crippen molar-refractivity contribution < 1.29 is 14.6 Å². The molecule has 0 spiro atoms. The van der Waals surface area contributed by atoms with Gasteiger partial charge >= 0.3 is 0 Å². The Bertz CT molecular complexity index is 853. The second kappa shape index (κ2) is 10.1. The molecule has 0 fully saturated rings. The molecule has 1 aliphatic carbocycles. The summed E-state index contributed by atoms with van der Waals surface area (Å²) in [6.45, 7) is 4.71. The molecule has 30 heavy (non-hydrogen) atoms. The van der Waals surface area contributed by atoms with Gasteiger partial charge in [0.25, 0.3) is 0 Å². The third-order valence-electron chi connectivity index (χ3n) is 6.64. The minimum absolute atomic E-state index is 0.0315. The van der Waals surface area contributed by atoms with Crippen LogP contribution in [0.2, 0.25) is 0 Å². The van der Waals surface area contributed by atoms with Crippen molar-refractivity contribution in [3.8, 4) is 5.75 Å². The van der Waals surface area contributed by atoms with Gasteiger partial charge < -0.3 is 15.6 Å². The molecule has 0 saturated heterocycles. The summed E-state index contributed by atoms with van der Waals surface area (Å²) in [5.74, 6) is 0.349. The first kappa shape index (κ1) is 22.4. The van der Waals surface area contributed by atoms with Gasteiger partial charge in [-0.05, 0) is 48.9 Å². The van der Waals surface area contributed by atoms with Crippen molar-refractivity contribution in [3.05, 3.63) is 64.7 Å². The molecular weight excluding hydrogens is 374 g/mol. The van der Waals surface area contributed by atoms with Crippen LogP contribution in [0.1, 0.15) is 91.9 Å². The van der Waals surface area contributed by atoms with Gasteiger partial charge in [-0.1, -0.05) is 69.9 Å². The molecule has 2 aromatic rings. The third-order valence-corrected chi connectivity index (χ3v) is 6.64. The molecule has 0 bridgehead atoms. The van der Waals surface area contributed by atoms with E-state index in [1.807, 2.05) is 24.3 Å². The van der Waals surface area contributed by atoms with Crippen LogP contribution in [-0.4, -0.2) is 11.0 Å². The van der Waals surface area contributed by atoms with Gasteiger partial charge in [0.05, 0.1) is 6.10 Å². The molecule has 1 unspecified atom stereocenters. The van der Waals surface area contributed by atoms with Crippen LogP contribution in [0.4, 0.5) is 0 Å². The van der Waals surface area contributed by atoms with E-state index < -0.39 is 12.0 Å². The second-order valence-corrected chi connectivity index (χ2v) is 8.61. The predicted octanol–water partition coefficient (Wildman–Crippen LogP) is 5.71. The molecule has 3 N–H and O–H groups in total. The number of carbonyl (C=O) groups excluding carboxylic acids is 1. The van der Waals surface area contributed by atoms with E-state index in [2.05, 4.69) is 19.9 Å². The zero-order chi connectivity index (χ0) is 21.6. The highest BCUT2D eigenvalue weighted by Gasteiger charge is 2.42. The monoisotopic (exact) mass is 409 g/mol. The van der Waals surface area contributed by atoms with Crippen LogP contribution in [0.25, 0.3) is 0 Å². The quantitative estimate of drug-likeness (QED) is 0.528. The number of hydrogen-bond acceptors (Lipinski definition) is 3. The smallest absolute Gasteiger partial charge is 0.249 e.